The number of halogens is 3. The van der Waals surface area contributed by atoms with Crippen molar-refractivity contribution < 1.29 is 22.7 Å². The second-order valence-electron chi connectivity index (χ2n) is 5.98. The van der Waals surface area contributed by atoms with E-state index >= 15 is 0 Å². The van der Waals surface area contributed by atoms with Crippen molar-refractivity contribution in [3.63, 3.8) is 0 Å². The molecule has 0 radical (unpaired) electrons. The monoisotopic (exact) mass is 406 g/mol. The molecule has 0 saturated carbocycles. The fourth-order valence-corrected chi connectivity index (χ4v) is 2.51. The van der Waals surface area contributed by atoms with Gasteiger partial charge in [0.2, 0.25) is 5.82 Å². The van der Waals surface area contributed by atoms with Gasteiger partial charge in [-0.1, -0.05) is 12.1 Å². The molecule has 1 aromatic heterocycles. The topological polar surface area (TPSA) is 108 Å². The number of nitrogens with zero attached hydrogens (tertiary/aromatic N) is 4. The average Bonchev–Trinajstić information content (AvgIpc) is 3.14. The average molecular weight is 406 g/mol. The Balaban J connectivity index is 1.72. The molecule has 3 rings (SSSR count). The number of tetrazole rings is 1. The highest BCUT2D eigenvalue weighted by Gasteiger charge is 2.29. The summed E-state index contributed by atoms with van der Waals surface area (Å²) in [5, 5.41) is 15.3. The largest absolute Gasteiger partial charge is 0.450 e. The van der Waals surface area contributed by atoms with E-state index in [-0.39, 0.29) is 6.61 Å². The molecule has 0 atom stereocenters. The molecule has 1 heterocycles. The number of aromatic nitrogens is 4. The van der Waals surface area contributed by atoms with E-state index in [4.69, 9.17) is 5.73 Å². The van der Waals surface area contributed by atoms with E-state index in [2.05, 4.69) is 25.5 Å². The zero-order valence-electron chi connectivity index (χ0n) is 15.1. The molecule has 1 amide bonds. The molecule has 0 aliphatic rings. The van der Waals surface area contributed by atoms with E-state index in [9.17, 15) is 18.0 Å². The fraction of sp³-hybridized carbons (Fsp3) is 0.222. The van der Waals surface area contributed by atoms with Gasteiger partial charge in [0, 0.05) is 23.4 Å². The van der Waals surface area contributed by atoms with Crippen molar-refractivity contribution in [2.75, 3.05) is 11.9 Å². The van der Waals surface area contributed by atoms with Gasteiger partial charge >= 0.3 is 12.3 Å². The summed E-state index contributed by atoms with van der Waals surface area (Å²) in [6.45, 7) is 0.507. The van der Waals surface area contributed by atoms with E-state index < -0.39 is 17.8 Å². The Morgan fingerprint density at radius 3 is 2.55 bits per heavy atom. The molecule has 0 aliphatic heterocycles. The van der Waals surface area contributed by atoms with Gasteiger partial charge in [0.1, 0.15) is 0 Å². The maximum Gasteiger partial charge on any atom is 0.416 e. The fourth-order valence-electron chi connectivity index (χ4n) is 2.51. The minimum atomic E-state index is -4.39. The quantitative estimate of drug-likeness (QED) is 0.581. The van der Waals surface area contributed by atoms with Gasteiger partial charge in [-0.2, -0.15) is 18.0 Å². The van der Waals surface area contributed by atoms with E-state index in [0.717, 1.165) is 12.1 Å². The number of aryl methyl sites for hydroxylation is 1. The van der Waals surface area contributed by atoms with E-state index in [1.54, 1.807) is 24.3 Å². The molecule has 3 aromatic rings. The van der Waals surface area contributed by atoms with Gasteiger partial charge in [0.15, 0.2) is 0 Å². The molecule has 8 nitrogen and oxygen atoms in total. The standard InChI is InChI=1S/C18H17F3N6O2/c19-18(20,21)12-6-8-13(9-7-12)23-15-5-2-1-4-14(15)16-24-26-27(25-16)10-3-11-29-17(22)28/h1-2,4-9,23H,3,10-11H2,(H2,22,28). The lowest BCUT2D eigenvalue weighted by atomic mass is 10.1. The number of carbonyl (C=O) groups is 1. The van der Waals surface area contributed by atoms with Crippen LogP contribution in [0, 0.1) is 0 Å². The Hall–Kier alpha value is -3.63. The summed E-state index contributed by atoms with van der Waals surface area (Å²) in [5.41, 5.74) is 5.90. The Morgan fingerprint density at radius 1 is 1.14 bits per heavy atom. The lowest BCUT2D eigenvalue weighted by Crippen LogP contribution is -2.15. The highest BCUT2D eigenvalue weighted by Crippen LogP contribution is 2.32. The number of anilines is 2. The number of hydrogen-bond acceptors (Lipinski definition) is 6. The van der Waals surface area contributed by atoms with Gasteiger partial charge < -0.3 is 15.8 Å². The third kappa shape index (κ3) is 5.43. The Labute approximate surface area is 163 Å². The number of primary amides is 1. The van der Waals surface area contributed by atoms with Gasteiger partial charge in [0.05, 0.1) is 18.7 Å². The Kier molecular flexibility index (Phi) is 5.96. The highest BCUT2D eigenvalue weighted by molar-refractivity contribution is 5.77. The second-order valence-corrected chi connectivity index (χ2v) is 5.98. The summed E-state index contributed by atoms with van der Waals surface area (Å²) in [7, 11) is 0. The van der Waals surface area contributed by atoms with Gasteiger partial charge in [-0.05, 0) is 41.6 Å². The van der Waals surface area contributed by atoms with E-state index in [1.807, 2.05) is 0 Å². The number of benzene rings is 2. The number of nitrogens with two attached hydrogens (primary N) is 1. The summed E-state index contributed by atoms with van der Waals surface area (Å²) >= 11 is 0. The van der Waals surface area contributed by atoms with Crippen LogP contribution in [0.2, 0.25) is 0 Å². The number of para-hydroxylation sites is 1. The number of amides is 1. The third-order valence-electron chi connectivity index (χ3n) is 3.86. The molecule has 0 aliphatic carbocycles. The first kappa shape index (κ1) is 20.1. The number of rotatable bonds is 7. The van der Waals surface area contributed by atoms with E-state index in [0.29, 0.717) is 35.7 Å². The van der Waals surface area contributed by atoms with Gasteiger partial charge in [0.25, 0.3) is 0 Å². The first-order chi connectivity index (χ1) is 13.8. The Morgan fingerprint density at radius 2 is 1.86 bits per heavy atom. The van der Waals surface area contributed by atoms with E-state index in [1.165, 1.54) is 16.9 Å². The third-order valence-corrected chi connectivity index (χ3v) is 3.86. The van der Waals surface area contributed by atoms with Crippen molar-refractivity contribution in [2.45, 2.75) is 19.1 Å². The number of ether oxygens (including phenoxy) is 1. The SMILES string of the molecule is NC(=O)OCCCn1nnc(-c2ccccc2Nc2ccc(C(F)(F)F)cc2)n1. The first-order valence-electron chi connectivity index (χ1n) is 8.56. The summed E-state index contributed by atoms with van der Waals surface area (Å²) in [6, 6.07) is 11.8. The van der Waals surface area contributed by atoms with Gasteiger partial charge in [-0.25, -0.2) is 4.79 Å². The van der Waals surface area contributed by atoms with Crippen molar-refractivity contribution in [3.05, 3.63) is 54.1 Å². The van der Waals surface area contributed by atoms with Crippen LogP contribution in [0.25, 0.3) is 11.4 Å². The van der Waals surface area contributed by atoms with Crippen LogP contribution in [-0.2, 0) is 17.5 Å². The Bertz CT molecular complexity index is 972. The lowest BCUT2D eigenvalue weighted by molar-refractivity contribution is -0.137. The molecular formula is C18H17F3N6O2. The summed E-state index contributed by atoms with van der Waals surface area (Å²) in [4.78, 5) is 11.9. The van der Waals surface area contributed by atoms with Crippen molar-refractivity contribution in [1.82, 2.24) is 20.2 Å². The molecule has 3 N–H and O–H groups in total. The van der Waals surface area contributed by atoms with Crippen LogP contribution < -0.4 is 11.1 Å². The summed E-state index contributed by atoms with van der Waals surface area (Å²) in [5.74, 6) is 0.343. The number of nitrogens with one attached hydrogen (secondary N) is 1. The minimum absolute atomic E-state index is 0.137. The molecule has 0 spiro atoms. The maximum absolute atomic E-state index is 12.7. The first-order valence-corrected chi connectivity index (χ1v) is 8.56. The lowest BCUT2D eigenvalue weighted by Gasteiger charge is -2.11. The molecule has 29 heavy (non-hydrogen) atoms. The molecule has 2 aromatic carbocycles. The molecule has 0 bridgehead atoms. The van der Waals surface area contributed by atoms with Crippen LogP contribution >= 0.6 is 0 Å². The van der Waals surface area contributed by atoms with Gasteiger partial charge in [-0.15, -0.1) is 10.2 Å². The number of hydrogen-bond donors (Lipinski definition) is 2. The molecule has 0 fully saturated rings. The highest BCUT2D eigenvalue weighted by atomic mass is 19.4. The predicted octanol–water partition coefficient (Wildman–Crippen LogP) is 3.59. The zero-order valence-corrected chi connectivity index (χ0v) is 15.1. The van der Waals surface area contributed by atoms with Crippen LogP contribution in [0.15, 0.2) is 48.5 Å². The van der Waals surface area contributed by atoms with Crippen LogP contribution in [-0.4, -0.2) is 32.9 Å². The predicted molar refractivity (Wildman–Crippen MR) is 98.1 cm³/mol. The summed E-state index contributed by atoms with van der Waals surface area (Å²) in [6.07, 6.45) is -4.77. The van der Waals surface area contributed by atoms with Crippen molar-refractivity contribution in [2.24, 2.45) is 5.73 Å². The molecule has 11 heteroatoms. The smallest absolute Gasteiger partial charge is 0.416 e. The molecular weight excluding hydrogens is 389 g/mol. The van der Waals surface area contributed by atoms with Crippen LogP contribution in [0.4, 0.5) is 29.3 Å². The van der Waals surface area contributed by atoms with Crippen molar-refractivity contribution in [1.29, 1.82) is 0 Å². The molecule has 152 valence electrons. The van der Waals surface area contributed by atoms with Crippen LogP contribution in [0.3, 0.4) is 0 Å². The molecule has 0 saturated heterocycles. The number of carbonyl (C=O) groups excluding carboxylic acids is 1. The zero-order chi connectivity index (χ0) is 20.9. The van der Waals surface area contributed by atoms with Crippen LogP contribution in [0.5, 0.6) is 0 Å². The second kappa shape index (κ2) is 8.59. The maximum atomic E-state index is 12.7. The number of alkyl halides is 3. The normalized spacial score (nSPS) is 11.3. The summed E-state index contributed by atoms with van der Waals surface area (Å²) < 4.78 is 42.8. The van der Waals surface area contributed by atoms with Crippen molar-refractivity contribution >= 4 is 17.5 Å². The van der Waals surface area contributed by atoms with Crippen molar-refractivity contribution in [3.8, 4) is 11.4 Å². The van der Waals surface area contributed by atoms with Crippen LogP contribution in [0.1, 0.15) is 12.0 Å². The van der Waals surface area contributed by atoms with Gasteiger partial charge in [-0.3, -0.25) is 0 Å². The minimum Gasteiger partial charge on any atom is -0.450 e. The molecule has 0 unspecified atom stereocenters.